The Hall–Kier alpha value is -8.42. The van der Waals surface area contributed by atoms with Crippen molar-refractivity contribution in [1.29, 1.82) is 0 Å². The second-order valence-corrected chi connectivity index (χ2v) is 17.0. The molecule has 0 aromatic heterocycles. The average Bonchev–Trinajstić information content (AvgIpc) is 3.48. The third-order valence-electron chi connectivity index (χ3n) is 10.2. The number of halogens is 20. The molecule has 8 aromatic carbocycles. The Morgan fingerprint density at radius 1 is 0.342 bits per heavy atom. The molecule has 0 radical (unpaired) electrons. The highest BCUT2D eigenvalue weighted by Gasteiger charge is 2.39. The summed E-state index contributed by atoms with van der Waals surface area (Å²) in [5.41, 5.74) is -6.40. The molecule has 0 aliphatic heterocycles. The first-order chi connectivity index (χ1) is 35.8. The van der Waals surface area contributed by atoms with Gasteiger partial charge in [-0.05, 0) is 49.4 Å². The fourth-order valence-electron chi connectivity index (χ4n) is 6.65. The molecule has 0 atom stereocenters. The van der Waals surface area contributed by atoms with Gasteiger partial charge in [-0.25, -0.2) is 61.5 Å². The van der Waals surface area contributed by atoms with E-state index in [0.29, 0.717) is 0 Å². The van der Waals surface area contributed by atoms with E-state index in [1.807, 2.05) is 0 Å². The first kappa shape index (κ1) is 55.3. The van der Waals surface area contributed by atoms with Crippen LogP contribution in [0, 0.1) is 123 Å². The van der Waals surface area contributed by atoms with Gasteiger partial charge >= 0.3 is 0 Å². The lowest BCUT2D eigenvalue weighted by atomic mass is 9.95. The molecule has 394 valence electrons. The molecule has 8 rings (SSSR count). The van der Waals surface area contributed by atoms with Crippen molar-refractivity contribution in [2.45, 2.75) is 21.6 Å². The van der Waals surface area contributed by atoms with Gasteiger partial charge in [0.15, 0.2) is 49.5 Å². The van der Waals surface area contributed by atoms with Crippen molar-refractivity contribution in [2.24, 2.45) is 0 Å². The molecule has 5 nitrogen and oxygen atoms in total. The van der Waals surface area contributed by atoms with Crippen molar-refractivity contribution in [3.8, 4) is 45.6 Å². The fraction of sp³-hybridized carbons (Fsp3) is 0.0200. The van der Waals surface area contributed by atoms with Gasteiger partial charge < -0.3 is 24.1 Å². The number of carboxylic acid groups (broad SMARTS) is 1. The van der Waals surface area contributed by atoms with Gasteiger partial charge in [0.25, 0.3) is 0 Å². The summed E-state index contributed by atoms with van der Waals surface area (Å²) in [4.78, 5) is 16.4. The summed E-state index contributed by atoms with van der Waals surface area (Å²) in [6.07, 6.45) is 0. The Morgan fingerprint density at radius 3 is 0.974 bits per heavy atom. The maximum atomic E-state index is 15.2. The molecule has 0 bridgehead atoms. The predicted octanol–water partition coefficient (Wildman–Crippen LogP) is 15.0. The Labute approximate surface area is 413 Å². The summed E-state index contributed by atoms with van der Waals surface area (Å²) in [6.45, 7) is 2.13. The number of hydrogen-bond acceptors (Lipinski definition) is 5. The first-order valence-corrected chi connectivity index (χ1v) is 21.5. The zero-order chi connectivity index (χ0) is 55.9. The van der Waals surface area contributed by atoms with E-state index in [1.165, 1.54) is 20.2 Å². The van der Waals surface area contributed by atoms with Crippen LogP contribution >= 0.6 is 0 Å². The lowest BCUT2D eigenvalue weighted by Crippen LogP contribution is -2.24. The molecule has 0 saturated heterocycles. The van der Waals surface area contributed by atoms with Crippen molar-refractivity contribution in [2.75, 3.05) is 0 Å². The number of carbonyl (C=O) groups is 1. The summed E-state index contributed by atoms with van der Waals surface area (Å²) in [5.74, 6) is -81.2. The molecular formula is C50H18F20O5S. The number of aromatic carboxylic acids is 1. The number of rotatable bonds is 11. The van der Waals surface area contributed by atoms with Crippen LogP contribution < -0.4 is 19.3 Å². The van der Waals surface area contributed by atoms with Crippen molar-refractivity contribution < 1.29 is 112 Å². The Bertz CT molecular complexity index is 3470. The summed E-state index contributed by atoms with van der Waals surface area (Å²) in [7, 11) is -0.0229. The average molecular weight is 1110 g/mol. The van der Waals surface area contributed by atoms with Gasteiger partial charge in [0.1, 0.15) is 0 Å². The molecule has 0 N–H and O–H groups in total. The summed E-state index contributed by atoms with van der Waals surface area (Å²) < 4.78 is 302. The van der Waals surface area contributed by atoms with Crippen molar-refractivity contribution >= 4 is 16.9 Å². The first-order valence-electron chi connectivity index (χ1n) is 20.2. The topological polar surface area (TPSA) is 67.8 Å². The van der Waals surface area contributed by atoms with Gasteiger partial charge in [-0.15, -0.1) is 0 Å². The Morgan fingerprint density at radius 2 is 0.632 bits per heavy atom. The standard InChI is InChI=1S/C31H2F20O5.C19H17S/c32-6-5(7(33)9(35)10(36)8(6)34)4-2(31(52)53)1-3(54-28-20(46)14(40)11(37)15(41)21(28)47)26(55-29-22(48)16(42)12(38)17(43)23(29)49)27(4)56-30-24(50)18(44)13(39)19(45)25(30)51;1-16-12-14-19(15-13-16)20(17-8-4-2-5-9-17)18-10-6-3-7-11-18/h1H,(H,52,53);2-15H,1H3/q;+1/p-1. The smallest absolute Gasteiger partial charge is 0.213 e. The zero-order valence-electron chi connectivity index (χ0n) is 36.7. The van der Waals surface area contributed by atoms with E-state index >= 15 is 8.78 Å². The van der Waals surface area contributed by atoms with E-state index in [2.05, 4.69) is 106 Å². The Balaban J connectivity index is 0.000000348. The van der Waals surface area contributed by atoms with Crippen LogP contribution in [0.4, 0.5) is 87.8 Å². The van der Waals surface area contributed by atoms with Crippen LogP contribution in [0.25, 0.3) is 11.1 Å². The van der Waals surface area contributed by atoms with E-state index in [-0.39, 0.29) is 10.9 Å². The lowest BCUT2D eigenvalue weighted by Gasteiger charge is -2.24. The second-order valence-electron chi connectivity index (χ2n) is 14.9. The maximum absolute atomic E-state index is 15.2. The molecule has 0 unspecified atom stereocenters. The van der Waals surface area contributed by atoms with Gasteiger partial charge in [-0.1, -0.05) is 54.1 Å². The zero-order valence-corrected chi connectivity index (χ0v) is 37.5. The second kappa shape index (κ2) is 21.8. The summed E-state index contributed by atoms with van der Waals surface area (Å²) in [5, 5.41) is 12.3. The van der Waals surface area contributed by atoms with E-state index in [4.69, 9.17) is 0 Å². The van der Waals surface area contributed by atoms with Gasteiger partial charge in [-0.2, -0.15) is 26.3 Å². The minimum absolute atomic E-state index is 0.0229. The maximum Gasteiger partial charge on any atom is 0.213 e. The number of carbonyl (C=O) groups excluding carboxylic acids is 1. The van der Waals surface area contributed by atoms with Crippen molar-refractivity contribution in [1.82, 2.24) is 0 Å². The monoisotopic (exact) mass is 1110 g/mol. The molecule has 0 spiro atoms. The number of hydrogen-bond donors (Lipinski definition) is 0. The molecule has 0 saturated carbocycles. The molecule has 0 fully saturated rings. The molecule has 26 heteroatoms. The molecule has 0 aliphatic rings. The lowest BCUT2D eigenvalue weighted by molar-refractivity contribution is -0.255. The highest BCUT2D eigenvalue weighted by Crippen LogP contribution is 2.55. The minimum atomic E-state index is -3.17. The van der Waals surface area contributed by atoms with Crippen LogP contribution in [0.15, 0.2) is 106 Å². The molecule has 8 aromatic rings. The number of ether oxygens (including phenoxy) is 3. The minimum Gasteiger partial charge on any atom is -0.545 e. The molecule has 0 amide bonds. The third-order valence-corrected chi connectivity index (χ3v) is 12.5. The Kier molecular flexibility index (Phi) is 15.9. The van der Waals surface area contributed by atoms with Crippen LogP contribution in [0.1, 0.15) is 15.9 Å². The quantitative estimate of drug-likeness (QED) is 0.0559. The molecule has 0 heterocycles. The molecule has 0 aliphatic carbocycles. The third kappa shape index (κ3) is 9.98. The summed E-state index contributed by atoms with van der Waals surface area (Å²) >= 11 is 0. The van der Waals surface area contributed by atoms with Gasteiger partial charge in [0.05, 0.1) is 22.4 Å². The number of carboxylic acids is 1. The summed E-state index contributed by atoms with van der Waals surface area (Å²) in [6, 6.07) is 29.7. The van der Waals surface area contributed by atoms with Crippen LogP contribution in [0.3, 0.4) is 0 Å². The predicted molar refractivity (Wildman–Crippen MR) is 221 cm³/mol. The number of benzene rings is 8. The van der Waals surface area contributed by atoms with Crippen molar-refractivity contribution in [3.05, 3.63) is 218 Å². The SMILES string of the molecule is Cc1ccc([S+](c2ccccc2)c2ccccc2)cc1.O=C([O-])c1cc(Oc2c(F)c(F)c(F)c(F)c2F)c(Oc2c(F)c(F)c(F)c(F)c2F)c(Oc2c(F)c(F)c(F)c(F)c2F)c1-c1c(F)c(F)c(F)c(F)c1F. The normalized spacial score (nSPS) is 11.2. The van der Waals surface area contributed by atoms with E-state index in [9.17, 15) is 88.9 Å². The highest BCUT2D eigenvalue weighted by atomic mass is 32.2. The highest BCUT2D eigenvalue weighted by molar-refractivity contribution is 7.97. The van der Waals surface area contributed by atoms with Crippen molar-refractivity contribution in [3.63, 3.8) is 0 Å². The van der Waals surface area contributed by atoms with Crippen LogP contribution in [-0.2, 0) is 10.9 Å². The van der Waals surface area contributed by atoms with E-state index in [0.717, 1.165) is 0 Å². The van der Waals surface area contributed by atoms with E-state index in [1.54, 1.807) is 0 Å². The van der Waals surface area contributed by atoms with Gasteiger partial charge in [0.2, 0.25) is 116 Å². The van der Waals surface area contributed by atoms with E-state index < -0.39 is 180 Å². The molecule has 76 heavy (non-hydrogen) atoms. The number of aryl methyl sites for hydroxylation is 1. The van der Waals surface area contributed by atoms with Gasteiger partial charge in [0, 0.05) is 11.1 Å². The van der Waals surface area contributed by atoms with Gasteiger partial charge in [-0.3, -0.25) is 0 Å². The van der Waals surface area contributed by atoms with Crippen LogP contribution in [0.2, 0.25) is 0 Å². The van der Waals surface area contributed by atoms with Crippen LogP contribution in [-0.4, -0.2) is 5.97 Å². The van der Waals surface area contributed by atoms with Crippen LogP contribution in [0.5, 0.6) is 34.5 Å². The fourth-order valence-corrected chi connectivity index (χ4v) is 8.74. The molecular weight excluding hydrogens is 1090 g/mol. The largest absolute Gasteiger partial charge is 0.545 e.